The minimum atomic E-state index is -0.711. The molecule has 0 spiro atoms. The van der Waals surface area contributed by atoms with Crippen LogP contribution in [0.15, 0.2) is 48.5 Å². The Kier molecular flexibility index (Phi) is 8.93. The second-order valence-electron chi connectivity index (χ2n) is 8.93. The molecule has 1 aliphatic rings. The van der Waals surface area contributed by atoms with E-state index in [1.54, 1.807) is 60.5 Å². The number of carbonyl (C=O) groups is 3. The number of nitrogens with one attached hydrogen (secondary N) is 2. The van der Waals surface area contributed by atoms with Gasteiger partial charge in [-0.15, -0.1) is 0 Å². The molecule has 2 aromatic carbocycles. The van der Waals surface area contributed by atoms with Crippen LogP contribution in [-0.4, -0.2) is 55.4 Å². The Morgan fingerprint density at radius 3 is 2.44 bits per heavy atom. The van der Waals surface area contributed by atoms with Crippen molar-refractivity contribution in [3.8, 4) is 5.75 Å². The van der Waals surface area contributed by atoms with Gasteiger partial charge in [0.1, 0.15) is 11.8 Å². The van der Waals surface area contributed by atoms with Crippen LogP contribution < -0.4 is 15.4 Å². The number of hydrogen-bond donors (Lipinski definition) is 2. The highest BCUT2D eigenvalue weighted by molar-refractivity contribution is 6.33. The second-order valence-corrected chi connectivity index (χ2v) is 9.34. The zero-order valence-corrected chi connectivity index (χ0v) is 20.6. The Bertz CT molecular complexity index is 1020. The summed E-state index contributed by atoms with van der Waals surface area (Å²) in [5.41, 5.74) is 0.896. The molecule has 182 valence electrons. The Labute approximate surface area is 205 Å². The minimum absolute atomic E-state index is 0.0711. The minimum Gasteiger partial charge on any atom is -0.497 e. The van der Waals surface area contributed by atoms with E-state index in [1.807, 2.05) is 13.8 Å². The molecular weight excluding hydrogens is 454 g/mol. The number of halogens is 1. The fourth-order valence-corrected chi connectivity index (χ4v) is 4.27. The van der Waals surface area contributed by atoms with Crippen LogP contribution in [0.5, 0.6) is 5.75 Å². The molecular formula is C26H32ClN3O4. The lowest BCUT2D eigenvalue weighted by Crippen LogP contribution is -2.54. The van der Waals surface area contributed by atoms with Crippen LogP contribution in [0, 0.1) is 11.8 Å². The first-order valence-electron chi connectivity index (χ1n) is 11.6. The van der Waals surface area contributed by atoms with Crippen LogP contribution in [0.4, 0.5) is 0 Å². The maximum absolute atomic E-state index is 13.1. The van der Waals surface area contributed by atoms with Crippen LogP contribution in [0.2, 0.25) is 5.02 Å². The van der Waals surface area contributed by atoms with Crippen molar-refractivity contribution in [2.45, 2.75) is 32.7 Å². The molecule has 8 heteroatoms. The first-order valence-corrected chi connectivity index (χ1v) is 11.9. The van der Waals surface area contributed by atoms with Gasteiger partial charge in [-0.1, -0.05) is 43.6 Å². The van der Waals surface area contributed by atoms with Gasteiger partial charge in [0.05, 0.1) is 17.7 Å². The summed E-state index contributed by atoms with van der Waals surface area (Å²) in [6.07, 6.45) is 1.19. The van der Waals surface area contributed by atoms with Crippen molar-refractivity contribution in [1.82, 2.24) is 15.5 Å². The maximum Gasteiger partial charge on any atom is 0.253 e. The quantitative estimate of drug-likeness (QED) is 0.595. The molecule has 2 N–H and O–H groups in total. The highest BCUT2D eigenvalue weighted by atomic mass is 35.5. The SMILES string of the molecule is COc1cccc(C(=O)N2CCC(C(NC(=O)c3ccccc3Cl)C(=O)NCC(C)C)CC2)c1. The first-order chi connectivity index (χ1) is 16.3. The number of nitrogens with zero attached hydrogens (tertiary/aromatic N) is 1. The lowest BCUT2D eigenvalue weighted by Gasteiger charge is -2.36. The fourth-order valence-electron chi connectivity index (χ4n) is 4.05. The van der Waals surface area contributed by atoms with Crippen molar-refractivity contribution < 1.29 is 19.1 Å². The monoisotopic (exact) mass is 485 g/mol. The summed E-state index contributed by atoms with van der Waals surface area (Å²) in [6, 6.07) is 13.1. The van der Waals surface area contributed by atoms with Gasteiger partial charge in [-0.05, 0) is 55.0 Å². The average molecular weight is 486 g/mol. The van der Waals surface area contributed by atoms with Gasteiger partial charge in [-0.3, -0.25) is 14.4 Å². The third-order valence-electron chi connectivity index (χ3n) is 5.99. The molecule has 34 heavy (non-hydrogen) atoms. The van der Waals surface area contributed by atoms with E-state index in [0.717, 1.165) is 0 Å². The zero-order chi connectivity index (χ0) is 24.7. The van der Waals surface area contributed by atoms with Gasteiger partial charge in [0.2, 0.25) is 5.91 Å². The standard InChI is InChI=1S/C26H32ClN3O4/c1-17(2)16-28-25(32)23(29-24(31)21-9-4-5-10-22(21)27)18-11-13-30(14-12-18)26(33)19-7-6-8-20(15-19)34-3/h4-10,15,17-18,23H,11-14,16H2,1-3H3,(H,28,32)(H,29,31). The highest BCUT2D eigenvalue weighted by Gasteiger charge is 2.34. The molecule has 1 atom stereocenters. The van der Waals surface area contributed by atoms with Gasteiger partial charge < -0.3 is 20.3 Å². The smallest absolute Gasteiger partial charge is 0.253 e. The molecule has 0 aromatic heterocycles. The summed E-state index contributed by atoms with van der Waals surface area (Å²) in [4.78, 5) is 40.7. The predicted octanol–water partition coefficient (Wildman–Crippen LogP) is 3.77. The van der Waals surface area contributed by atoms with E-state index in [4.69, 9.17) is 16.3 Å². The van der Waals surface area contributed by atoms with Crippen molar-refractivity contribution in [3.63, 3.8) is 0 Å². The molecule has 1 heterocycles. The number of likely N-dealkylation sites (tertiary alicyclic amines) is 1. The molecule has 1 unspecified atom stereocenters. The maximum atomic E-state index is 13.1. The summed E-state index contributed by atoms with van der Waals surface area (Å²) in [7, 11) is 1.57. The topological polar surface area (TPSA) is 87.7 Å². The van der Waals surface area contributed by atoms with Crippen molar-refractivity contribution in [2.75, 3.05) is 26.7 Å². The normalized spacial score (nSPS) is 15.0. The van der Waals surface area contributed by atoms with E-state index in [2.05, 4.69) is 10.6 Å². The Morgan fingerprint density at radius 2 is 1.79 bits per heavy atom. The summed E-state index contributed by atoms with van der Waals surface area (Å²) >= 11 is 6.19. The average Bonchev–Trinajstić information content (AvgIpc) is 2.85. The number of carbonyl (C=O) groups excluding carboxylic acids is 3. The van der Waals surface area contributed by atoms with Gasteiger partial charge in [0.15, 0.2) is 0 Å². The van der Waals surface area contributed by atoms with E-state index in [0.29, 0.717) is 54.4 Å². The number of methoxy groups -OCH3 is 1. The third-order valence-corrected chi connectivity index (χ3v) is 6.32. The molecule has 3 rings (SSSR count). The molecule has 1 saturated heterocycles. The van der Waals surface area contributed by atoms with Gasteiger partial charge in [0.25, 0.3) is 11.8 Å². The number of amides is 3. The largest absolute Gasteiger partial charge is 0.497 e. The Morgan fingerprint density at radius 1 is 1.09 bits per heavy atom. The molecule has 0 saturated carbocycles. The number of hydrogen-bond acceptors (Lipinski definition) is 4. The third kappa shape index (κ3) is 6.50. The van der Waals surface area contributed by atoms with Crippen molar-refractivity contribution in [1.29, 1.82) is 0 Å². The second kappa shape index (κ2) is 11.9. The molecule has 0 aliphatic carbocycles. The van der Waals surface area contributed by atoms with Gasteiger partial charge >= 0.3 is 0 Å². The van der Waals surface area contributed by atoms with E-state index in [1.165, 1.54) is 0 Å². The van der Waals surface area contributed by atoms with Crippen molar-refractivity contribution in [3.05, 3.63) is 64.7 Å². The van der Waals surface area contributed by atoms with Crippen molar-refractivity contribution in [2.24, 2.45) is 11.8 Å². The molecule has 2 aromatic rings. The molecule has 3 amide bonds. The van der Waals surface area contributed by atoms with Crippen LogP contribution in [0.3, 0.4) is 0 Å². The summed E-state index contributed by atoms with van der Waals surface area (Å²) < 4.78 is 5.22. The van der Waals surface area contributed by atoms with Gasteiger partial charge in [-0.2, -0.15) is 0 Å². The van der Waals surface area contributed by atoms with E-state index in [9.17, 15) is 14.4 Å². The number of benzene rings is 2. The van der Waals surface area contributed by atoms with E-state index >= 15 is 0 Å². The van der Waals surface area contributed by atoms with Crippen molar-refractivity contribution >= 4 is 29.3 Å². The Hall–Kier alpha value is -3.06. The lowest BCUT2D eigenvalue weighted by molar-refractivity contribution is -0.124. The number of piperidine rings is 1. The van der Waals surface area contributed by atoms with Crippen LogP contribution in [0.1, 0.15) is 47.4 Å². The number of ether oxygens (including phenoxy) is 1. The van der Waals surface area contributed by atoms with Gasteiger partial charge in [-0.25, -0.2) is 0 Å². The van der Waals surface area contributed by atoms with Gasteiger partial charge in [0, 0.05) is 25.2 Å². The summed E-state index contributed by atoms with van der Waals surface area (Å²) in [5.74, 6) is 0.138. The molecule has 0 bridgehead atoms. The van der Waals surface area contributed by atoms with E-state index in [-0.39, 0.29) is 29.6 Å². The summed E-state index contributed by atoms with van der Waals surface area (Å²) in [6.45, 7) is 5.54. The molecule has 1 aliphatic heterocycles. The Balaban J connectivity index is 1.70. The number of rotatable bonds is 8. The van der Waals surface area contributed by atoms with E-state index < -0.39 is 6.04 Å². The summed E-state index contributed by atoms with van der Waals surface area (Å²) in [5, 5.41) is 6.18. The lowest BCUT2D eigenvalue weighted by atomic mass is 9.88. The molecule has 7 nitrogen and oxygen atoms in total. The van der Waals surface area contributed by atoms with Crippen LogP contribution >= 0.6 is 11.6 Å². The zero-order valence-electron chi connectivity index (χ0n) is 19.8. The highest BCUT2D eigenvalue weighted by Crippen LogP contribution is 2.24. The molecule has 0 radical (unpaired) electrons. The first kappa shape index (κ1) is 25.6. The van der Waals surface area contributed by atoms with Crippen LogP contribution in [0.25, 0.3) is 0 Å². The molecule has 1 fully saturated rings. The fraction of sp³-hybridized carbons (Fsp3) is 0.423. The predicted molar refractivity (Wildman–Crippen MR) is 132 cm³/mol. The van der Waals surface area contributed by atoms with Crippen LogP contribution in [-0.2, 0) is 4.79 Å².